The topological polar surface area (TPSA) is 80.0 Å². The summed E-state index contributed by atoms with van der Waals surface area (Å²) in [6.07, 6.45) is 4.51. The molecule has 116 valence electrons. The summed E-state index contributed by atoms with van der Waals surface area (Å²) in [7, 11) is 0. The third-order valence-electron chi connectivity index (χ3n) is 3.00. The van der Waals surface area contributed by atoms with Gasteiger partial charge >= 0.3 is 0 Å². The lowest BCUT2D eigenvalue weighted by Gasteiger charge is -2.06. The van der Waals surface area contributed by atoms with Crippen LogP contribution in [-0.4, -0.2) is 15.9 Å². The number of furan rings is 1. The van der Waals surface area contributed by atoms with Crippen LogP contribution in [0.1, 0.15) is 16.2 Å². The Morgan fingerprint density at radius 3 is 2.61 bits per heavy atom. The first-order valence-corrected chi connectivity index (χ1v) is 7.65. The van der Waals surface area contributed by atoms with E-state index in [2.05, 4.69) is 36.5 Å². The van der Waals surface area contributed by atoms with Crippen molar-refractivity contribution in [1.82, 2.24) is 15.3 Å². The van der Waals surface area contributed by atoms with Gasteiger partial charge in [0, 0.05) is 10.2 Å². The Balaban J connectivity index is 1.59. The van der Waals surface area contributed by atoms with Crippen molar-refractivity contribution < 1.29 is 9.21 Å². The molecule has 6 nitrogen and oxygen atoms in total. The van der Waals surface area contributed by atoms with Gasteiger partial charge in [-0.25, -0.2) is 9.97 Å². The zero-order valence-corrected chi connectivity index (χ0v) is 13.6. The fraction of sp³-hybridized carbons (Fsp3) is 0.0625. The number of hydrogen-bond acceptors (Lipinski definition) is 5. The molecule has 0 fully saturated rings. The van der Waals surface area contributed by atoms with Gasteiger partial charge in [0.25, 0.3) is 5.91 Å². The Hall–Kier alpha value is -2.67. The number of nitrogens with one attached hydrogen (secondary N) is 2. The number of carbonyl (C=O) groups is 1. The molecule has 0 saturated heterocycles. The van der Waals surface area contributed by atoms with Crippen molar-refractivity contribution in [3.05, 3.63) is 71.0 Å². The monoisotopic (exact) mass is 372 g/mol. The Bertz CT molecular complexity index is 771. The summed E-state index contributed by atoms with van der Waals surface area (Å²) in [5.41, 5.74) is 1.13. The second-order valence-electron chi connectivity index (χ2n) is 4.68. The molecule has 0 aliphatic heterocycles. The van der Waals surface area contributed by atoms with Crippen molar-refractivity contribution in [3.63, 3.8) is 0 Å². The maximum Gasteiger partial charge on any atom is 0.271 e. The van der Waals surface area contributed by atoms with Crippen molar-refractivity contribution in [3.8, 4) is 0 Å². The first kappa shape index (κ1) is 15.2. The molecule has 2 heterocycles. The number of benzene rings is 1. The molecule has 0 atom stereocenters. The van der Waals surface area contributed by atoms with Gasteiger partial charge in [-0.2, -0.15) is 0 Å². The van der Waals surface area contributed by atoms with E-state index < -0.39 is 0 Å². The second-order valence-corrected chi connectivity index (χ2v) is 5.60. The molecule has 3 rings (SSSR count). The van der Waals surface area contributed by atoms with E-state index in [1.54, 1.807) is 18.4 Å². The lowest BCUT2D eigenvalue weighted by atomic mass is 10.3. The molecule has 2 N–H and O–H groups in total. The molecule has 0 spiro atoms. The third-order valence-corrected chi connectivity index (χ3v) is 3.53. The standard InChI is InChI=1S/C16H13BrN4O2/c17-11-3-5-12(6-4-11)21-15-10-18-14(9-19-15)16(22)20-8-13-2-1-7-23-13/h1-7,9-10H,8H2,(H,19,21)(H,20,22). The fourth-order valence-electron chi connectivity index (χ4n) is 1.86. The molecule has 2 aromatic heterocycles. The van der Waals surface area contributed by atoms with E-state index >= 15 is 0 Å². The van der Waals surface area contributed by atoms with Crippen molar-refractivity contribution in [1.29, 1.82) is 0 Å². The predicted molar refractivity (Wildman–Crippen MR) is 89.3 cm³/mol. The summed E-state index contributed by atoms with van der Waals surface area (Å²) >= 11 is 3.38. The van der Waals surface area contributed by atoms with Crippen LogP contribution in [0.5, 0.6) is 0 Å². The SMILES string of the molecule is O=C(NCc1ccco1)c1cnc(Nc2ccc(Br)cc2)cn1. The zero-order valence-electron chi connectivity index (χ0n) is 12.0. The van der Waals surface area contributed by atoms with Gasteiger partial charge in [0.15, 0.2) is 0 Å². The lowest BCUT2D eigenvalue weighted by Crippen LogP contribution is -2.23. The van der Waals surface area contributed by atoms with E-state index in [0.29, 0.717) is 18.1 Å². The third kappa shape index (κ3) is 4.17. The second kappa shape index (κ2) is 7.06. The number of rotatable bonds is 5. The summed E-state index contributed by atoms with van der Waals surface area (Å²) in [6.45, 7) is 0.312. The molecular weight excluding hydrogens is 360 g/mol. The van der Waals surface area contributed by atoms with Crippen LogP contribution in [0, 0.1) is 0 Å². The van der Waals surface area contributed by atoms with Crippen molar-refractivity contribution >= 4 is 33.3 Å². The average molecular weight is 373 g/mol. The molecule has 23 heavy (non-hydrogen) atoms. The molecule has 0 aliphatic rings. The average Bonchev–Trinajstić information content (AvgIpc) is 3.09. The highest BCUT2D eigenvalue weighted by atomic mass is 79.9. The molecule has 3 aromatic rings. The Labute approximate surface area is 141 Å². The minimum Gasteiger partial charge on any atom is -0.467 e. The summed E-state index contributed by atoms with van der Waals surface area (Å²) in [4.78, 5) is 20.3. The summed E-state index contributed by atoms with van der Waals surface area (Å²) in [6, 6.07) is 11.2. The van der Waals surface area contributed by atoms with E-state index in [1.165, 1.54) is 12.4 Å². The number of nitrogens with zero attached hydrogens (tertiary/aromatic N) is 2. The molecular formula is C16H13BrN4O2. The van der Waals surface area contributed by atoms with Crippen LogP contribution in [0.3, 0.4) is 0 Å². The Kier molecular flexibility index (Phi) is 4.68. The van der Waals surface area contributed by atoms with Gasteiger partial charge in [-0.3, -0.25) is 4.79 Å². The number of aromatic nitrogens is 2. The minimum absolute atomic E-state index is 0.248. The van der Waals surface area contributed by atoms with Gasteiger partial charge < -0.3 is 15.1 Å². The maximum absolute atomic E-state index is 12.0. The maximum atomic E-state index is 12.0. The van der Waals surface area contributed by atoms with Crippen molar-refractivity contribution in [2.75, 3.05) is 5.32 Å². The first-order valence-electron chi connectivity index (χ1n) is 6.86. The normalized spacial score (nSPS) is 10.3. The van der Waals surface area contributed by atoms with E-state index in [9.17, 15) is 4.79 Å². The van der Waals surface area contributed by atoms with Crippen LogP contribution in [0.2, 0.25) is 0 Å². The largest absolute Gasteiger partial charge is 0.467 e. The van der Waals surface area contributed by atoms with Crippen molar-refractivity contribution in [2.45, 2.75) is 6.54 Å². The first-order chi connectivity index (χ1) is 11.2. The van der Waals surface area contributed by atoms with Gasteiger partial charge in [-0.15, -0.1) is 0 Å². The molecule has 0 aliphatic carbocycles. The molecule has 1 amide bonds. The zero-order chi connectivity index (χ0) is 16.1. The van der Waals surface area contributed by atoms with E-state index in [-0.39, 0.29) is 11.6 Å². The minimum atomic E-state index is -0.302. The van der Waals surface area contributed by atoms with Gasteiger partial charge in [0.2, 0.25) is 0 Å². The van der Waals surface area contributed by atoms with Crippen molar-refractivity contribution in [2.24, 2.45) is 0 Å². The summed E-state index contributed by atoms with van der Waals surface area (Å²) in [5, 5.41) is 5.83. The van der Waals surface area contributed by atoms with Crippen LogP contribution in [-0.2, 0) is 6.54 Å². The molecule has 0 unspecified atom stereocenters. The number of anilines is 2. The quantitative estimate of drug-likeness (QED) is 0.716. The Morgan fingerprint density at radius 1 is 1.13 bits per heavy atom. The van der Waals surface area contributed by atoms with Crippen LogP contribution < -0.4 is 10.6 Å². The lowest BCUT2D eigenvalue weighted by molar-refractivity contribution is 0.0942. The highest BCUT2D eigenvalue weighted by molar-refractivity contribution is 9.10. The molecule has 0 saturated carbocycles. The van der Waals surface area contributed by atoms with E-state index in [1.807, 2.05) is 24.3 Å². The van der Waals surface area contributed by atoms with Gasteiger partial charge in [0.1, 0.15) is 17.3 Å². The van der Waals surface area contributed by atoms with E-state index in [4.69, 9.17) is 4.42 Å². The Morgan fingerprint density at radius 2 is 1.96 bits per heavy atom. The molecule has 1 aromatic carbocycles. The number of carbonyl (C=O) groups excluding carboxylic acids is 1. The smallest absolute Gasteiger partial charge is 0.271 e. The van der Waals surface area contributed by atoms with Gasteiger partial charge in [-0.1, -0.05) is 15.9 Å². The predicted octanol–water partition coefficient (Wildman–Crippen LogP) is 3.51. The fourth-order valence-corrected chi connectivity index (χ4v) is 2.13. The molecule has 0 bridgehead atoms. The number of halogens is 1. The van der Waals surface area contributed by atoms with Gasteiger partial charge in [0.05, 0.1) is 25.2 Å². The van der Waals surface area contributed by atoms with Crippen LogP contribution in [0.25, 0.3) is 0 Å². The van der Waals surface area contributed by atoms with Gasteiger partial charge in [-0.05, 0) is 36.4 Å². The highest BCUT2D eigenvalue weighted by Gasteiger charge is 2.08. The summed E-state index contributed by atoms with van der Waals surface area (Å²) < 4.78 is 6.15. The van der Waals surface area contributed by atoms with Crippen LogP contribution in [0.15, 0.2) is 63.9 Å². The molecule has 0 radical (unpaired) electrons. The van der Waals surface area contributed by atoms with Crippen LogP contribution in [0.4, 0.5) is 11.5 Å². The molecule has 7 heteroatoms. The summed E-state index contributed by atoms with van der Waals surface area (Å²) in [5.74, 6) is 0.943. The highest BCUT2D eigenvalue weighted by Crippen LogP contribution is 2.17. The van der Waals surface area contributed by atoms with Crippen LogP contribution >= 0.6 is 15.9 Å². The number of hydrogen-bond donors (Lipinski definition) is 2. The number of amides is 1. The van der Waals surface area contributed by atoms with E-state index in [0.717, 1.165) is 10.2 Å².